The summed E-state index contributed by atoms with van der Waals surface area (Å²) in [5.74, 6) is 2.43. The van der Waals surface area contributed by atoms with E-state index in [9.17, 15) is 0 Å². The van der Waals surface area contributed by atoms with E-state index in [1.807, 2.05) is 16.9 Å². The number of aromatic nitrogens is 4. The molecule has 0 amide bonds. The Morgan fingerprint density at radius 2 is 1.63 bits per heavy atom. The Hall–Kier alpha value is -4.47. The Labute approximate surface area is 317 Å². The number of rotatable bonds is 9. The zero-order chi connectivity index (χ0) is 35.2. The minimum atomic E-state index is -0.00960. The predicted octanol–water partition coefficient (Wildman–Crippen LogP) is 11.7. The van der Waals surface area contributed by atoms with Crippen molar-refractivity contribution in [2.45, 2.75) is 86.0 Å². The van der Waals surface area contributed by atoms with Gasteiger partial charge in [0.2, 0.25) is 0 Å². The molecule has 0 radical (unpaired) electrons. The summed E-state index contributed by atoms with van der Waals surface area (Å²) in [6.45, 7) is 17.6. The van der Waals surface area contributed by atoms with Gasteiger partial charge in [0.1, 0.15) is 5.82 Å². The van der Waals surface area contributed by atoms with Crippen molar-refractivity contribution >= 4 is 21.8 Å². The van der Waals surface area contributed by atoms with Gasteiger partial charge in [-0.2, -0.15) is 11.2 Å². The second kappa shape index (κ2) is 14.6. The molecular weight excluding hydrogens is 808 g/mol. The third-order valence-corrected chi connectivity index (χ3v) is 9.61. The van der Waals surface area contributed by atoms with Crippen molar-refractivity contribution in [1.82, 2.24) is 19.3 Å². The second-order valence-electron chi connectivity index (χ2n) is 14.6. The number of fused-ring (bicyclic) bond motifs is 3. The quantitative estimate of drug-likeness (QED) is 0.136. The molecule has 3 heterocycles. The molecule has 0 spiro atoms. The topological polar surface area (TPSA) is 44.9 Å². The average molecular weight is 854 g/mol. The summed E-state index contributed by atoms with van der Waals surface area (Å²) in [7, 11) is 0. The van der Waals surface area contributed by atoms with E-state index in [-0.39, 0.29) is 32.4 Å². The van der Waals surface area contributed by atoms with Crippen molar-refractivity contribution in [3.05, 3.63) is 131 Å². The summed E-state index contributed by atoms with van der Waals surface area (Å²) in [6.07, 6.45) is 4.89. The van der Waals surface area contributed by atoms with Gasteiger partial charge in [0.25, 0.3) is 0 Å². The molecule has 0 unspecified atom stereocenters. The molecular formula is C45H46N4OPt. The van der Waals surface area contributed by atoms with Gasteiger partial charge in [-0.15, -0.1) is 41.3 Å². The number of aryl methyl sites for hydroxylation is 2. The molecule has 0 atom stereocenters. The van der Waals surface area contributed by atoms with Crippen molar-refractivity contribution < 1.29 is 25.8 Å². The molecule has 7 aromatic rings. The van der Waals surface area contributed by atoms with Gasteiger partial charge in [-0.25, -0.2) is 4.98 Å². The molecule has 0 aliphatic rings. The molecule has 4 aromatic carbocycles. The zero-order valence-corrected chi connectivity index (χ0v) is 33.1. The van der Waals surface area contributed by atoms with Crippen LogP contribution in [0.4, 0.5) is 0 Å². The molecule has 0 saturated carbocycles. The van der Waals surface area contributed by atoms with E-state index in [1.54, 1.807) is 0 Å². The number of nitrogens with zero attached hydrogens (tertiary/aromatic N) is 4. The van der Waals surface area contributed by atoms with Gasteiger partial charge in [0.15, 0.2) is 0 Å². The summed E-state index contributed by atoms with van der Waals surface area (Å²) < 4.78 is 10.9. The third-order valence-electron chi connectivity index (χ3n) is 9.61. The molecule has 5 nitrogen and oxygen atoms in total. The first kappa shape index (κ1) is 36.3. The van der Waals surface area contributed by atoms with E-state index in [0.29, 0.717) is 11.5 Å². The maximum Gasteiger partial charge on any atom is 2.00 e. The fourth-order valence-electron chi connectivity index (χ4n) is 6.97. The molecule has 262 valence electrons. The Balaban J connectivity index is 0.00000448. The molecule has 0 aliphatic carbocycles. The maximum atomic E-state index is 6.68. The van der Waals surface area contributed by atoms with Crippen LogP contribution in [0.1, 0.15) is 88.9 Å². The number of hydrogen-bond donors (Lipinski definition) is 0. The van der Waals surface area contributed by atoms with E-state index >= 15 is 0 Å². The van der Waals surface area contributed by atoms with Crippen molar-refractivity contribution in [2.24, 2.45) is 0 Å². The van der Waals surface area contributed by atoms with Crippen molar-refractivity contribution in [3.8, 4) is 34.1 Å². The van der Waals surface area contributed by atoms with Crippen LogP contribution in [0.25, 0.3) is 44.4 Å². The molecule has 51 heavy (non-hydrogen) atoms. The number of ether oxygens (including phenoxy) is 1. The van der Waals surface area contributed by atoms with E-state index in [1.165, 1.54) is 27.6 Å². The SMILES string of the molecule is CCCc1ccc2c(c1)c1ccc(Oc3[c-]c(-n4nc(C)c(-c5ccccc5)c4CC)cc(C(C)C)c3)[c-]c1n2-c1cc(C(C)(C)C)ccn1.[Pt+2]. The molecule has 0 bridgehead atoms. The van der Waals surface area contributed by atoms with Crippen LogP contribution >= 0.6 is 0 Å². The third kappa shape index (κ3) is 7.06. The van der Waals surface area contributed by atoms with Crippen LogP contribution in [-0.2, 0) is 39.3 Å². The molecule has 0 N–H and O–H groups in total. The smallest absolute Gasteiger partial charge is 0.509 e. The van der Waals surface area contributed by atoms with Gasteiger partial charge in [-0.05, 0) is 77.1 Å². The normalized spacial score (nSPS) is 11.8. The Morgan fingerprint density at radius 3 is 2.33 bits per heavy atom. The molecule has 3 aromatic heterocycles. The maximum absolute atomic E-state index is 6.68. The second-order valence-corrected chi connectivity index (χ2v) is 14.6. The number of benzene rings is 4. The van der Waals surface area contributed by atoms with Crippen molar-refractivity contribution in [2.75, 3.05) is 0 Å². The van der Waals surface area contributed by atoms with Crippen molar-refractivity contribution in [3.63, 3.8) is 0 Å². The summed E-state index contributed by atoms with van der Waals surface area (Å²) >= 11 is 0. The predicted molar refractivity (Wildman–Crippen MR) is 206 cm³/mol. The van der Waals surface area contributed by atoms with Crippen LogP contribution in [0.15, 0.2) is 91.1 Å². The fourth-order valence-corrected chi connectivity index (χ4v) is 6.97. The van der Waals surface area contributed by atoms with Gasteiger partial charge in [0, 0.05) is 34.5 Å². The van der Waals surface area contributed by atoms with Crippen LogP contribution in [0.3, 0.4) is 0 Å². The molecule has 0 saturated heterocycles. The monoisotopic (exact) mass is 853 g/mol. The summed E-state index contributed by atoms with van der Waals surface area (Å²) in [6, 6.07) is 37.3. The number of pyridine rings is 1. The van der Waals surface area contributed by atoms with Crippen LogP contribution in [0.5, 0.6) is 11.5 Å². The van der Waals surface area contributed by atoms with Gasteiger partial charge < -0.3 is 9.30 Å². The molecule has 7 rings (SSSR count). The van der Waals surface area contributed by atoms with E-state index < -0.39 is 0 Å². The first-order valence-electron chi connectivity index (χ1n) is 17.9. The molecule has 0 fully saturated rings. The largest absolute Gasteiger partial charge is 2.00 e. The van der Waals surface area contributed by atoms with Crippen LogP contribution in [0.2, 0.25) is 0 Å². The van der Waals surface area contributed by atoms with E-state index in [4.69, 9.17) is 14.8 Å². The Bertz CT molecular complexity index is 2330. The average Bonchev–Trinajstić information content (AvgIpc) is 3.61. The minimum absolute atomic E-state index is 0. The van der Waals surface area contributed by atoms with Gasteiger partial charge in [-0.3, -0.25) is 4.68 Å². The van der Waals surface area contributed by atoms with Gasteiger partial charge in [0.05, 0.1) is 5.69 Å². The van der Waals surface area contributed by atoms with E-state index in [0.717, 1.165) is 64.1 Å². The van der Waals surface area contributed by atoms with Gasteiger partial charge in [-0.1, -0.05) is 103 Å². The van der Waals surface area contributed by atoms with Crippen molar-refractivity contribution in [1.29, 1.82) is 0 Å². The van der Waals surface area contributed by atoms with Crippen LogP contribution < -0.4 is 4.74 Å². The minimum Gasteiger partial charge on any atom is -0.509 e. The standard InChI is InChI=1S/C45H46N4O.Pt/c1-9-14-31-17-20-41-39(23-31)38-19-18-36(28-42(38)48(41)43-26-34(21-22-46-43)45(6,7)8)50-37-25-33(29(3)4)24-35(27-37)49-40(10-2)44(30(5)47-49)32-15-12-11-13-16-32;/h11-13,15-26,29H,9-10,14H2,1-8H3;/q-2;+2. The summed E-state index contributed by atoms with van der Waals surface area (Å²) in [4.78, 5) is 4.88. The zero-order valence-electron chi connectivity index (χ0n) is 30.9. The Morgan fingerprint density at radius 1 is 0.843 bits per heavy atom. The Kier molecular flexibility index (Phi) is 10.4. The first-order chi connectivity index (χ1) is 24.0. The summed E-state index contributed by atoms with van der Waals surface area (Å²) in [5.41, 5.74) is 11.1. The van der Waals surface area contributed by atoms with Gasteiger partial charge >= 0.3 is 21.1 Å². The first-order valence-corrected chi connectivity index (χ1v) is 17.9. The fraction of sp³-hybridized carbons (Fsp3) is 0.289. The van der Waals surface area contributed by atoms with Crippen LogP contribution in [-0.4, -0.2) is 19.3 Å². The number of hydrogen-bond acceptors (Lipinski definition) is 3. The summed E-state index contributed by atoms with van der Waals surface area (Å²) in [5, 5.41) is 7.37. The van der Waals surface area contributed by atoms with Crippen LogP contribution in [0, 0.1) is 19.1 Å². The molecule has 0 aliphatic heterocycles. The molecule has 6 heteroatoms. The van der Waals surface area contributed by atoms with E-state index in [2.05, 4.69) is 151 Å².